The van der Waals surface area contributed by atoms with Crippen molar-refractivity contribution in [1.29, 1.82) is 0 Å². The molecular formula is C8H10BrNO2. The van der Waals surface area contributed by atoms with Gasteiger partial charge in [0.25, 0.3) is 5.91 Å². The van der Waals surface area contributed by atoms with E-state index in [0.717, 1.165) is 5.56 Å². The average Bonchev–Trinajstić information content (AvgIpc) is 2.30. The first-order valence-corrected chi connectivity index (χ1v) is 4.48. The zero-order chi connectivity index (χ0) is 9.14. The Balaban J connectivity index is 2.87. The predicted molar refractivity (Wildman–Crippen MR) is 49.2 cm³/mol. The lowest BCUT2D eigenvalue weighted by atomic mass is 10.3. The number of nitrogens with one attached hydrogen (secondary N) is 1. The maximum Gasteiger partial charge on any atom is 0.287 e. The summed E-state index contributed by atoms with van der Waals surface area (Å²) < 4.78 is 5.72. The standard InChI is InChI=1S/C8H10BrNO2/c1-3-10-8(11)7-5(2)4-6(9)12-7/h4H,3H2,1-2H3,(H,10,11). The van der Waals surface area contributed by atoms with Gasteiger partial charge in [0.15, 0.2) is 10.4 Å². The normalized spacial score (nSPS) is 9.92. The number of amides is 1. The predicted octanol–water partition coefficient (Wildman–Crippen LogP) is 2.10. The van der Waals surface area contributed by atoms with Crippen molar-refractivity contribution in [2.75, 3.05) is 6.54 Å². The number of hydrogen-bond donors (Lipinski definition) is 1. The van der Waals surface area contributed by atoms with Gasteiger partial charge in [0, 0.05) is 12.1 Å². The second kappa shape index (κ2) is 3.76. The number of carbonyl (C=O) groups is 1. The summed E-state index contributed by atoms with van der Waals surface area (Å²) in [7, 11) is 0. The molecule has 0 fully saturated rings. The molecule has 4 heteroatoms. The number of aryl methyl sites for hydroxylation is 1. The van der Waals surface area contributed by atoms with E-state index >= 15 is 0 Å². The van der Waals surface area contributed by atoms with Gasteiger partial charge in [-0.1, -0.05) is 0 Å². The van der Waals surface area contributed by atoms with E-state index in [2.05, 4.69) is 21.2 Å². The van der Waals surface area contributed by atoms with Gasteiger partial charge >= 0.3 is 0 Å². The van der Waals surface area contributed by atoms with Gasteiger partial charge in [0.05, 0.1) is 0 Å². The van der Waals surface area contributed by atoms with Crippen LogP contribution in [0.5, 0.6) is 0 Å². The summed E-state index contributed by atoms with van der Waals surface area (Å²) in [5, 5.41) is 2.66. The van der Waals surface area contributed by atoms with Crippen LogP contribution in [0.4, 0.5) is 0 Å². The summed E-state index contributed by atoms with van der Waals surface area (Å²) in [5.74, 6) is 0.212. The number of rotatable bonds is 2. The van der Waals surface area contributed by atoms with E-state index in [9.17, 15) is 4.79 Å². The van der Waals surface area contributed by atoms with E-state index in [1.807, 2.05) is 13.8 Å². The monoisotopic (exact) mass is 231 g/mol. The Labute approximate surface area is 79.3 Å². The van der Waals surface area contributed by atoms with Crippen LogP contribution in [0, 0.1) is 6.92 Å². The third-order valence-corrected chi connectivity index (χ3v) is 1.82. The van der Waals surface area contributed by atoms with Crippen molar-refractivity contribution in [1.82, 2.24) is 5.32 Å². The molecule has 1 rings (SSSR count). The molecule has 0 unspecified atom stereocenters. The van der Waals surface area contributed by atoms with Crippen molar-refractivity contribution < 1.29 is 9.21 Å². The van der Waals surface area contributed by atoms with Crippen LogP contribution in [0.1, 0.15) is 23.0 Å². The van der Waals surface area contributed by atoms with Crippen LogP contribution in [0.3, 0.4) is 0 Å². The van der Waals surface area contributed by atoms with Crippen molar-refractivity contribution in [2.24, 2.45) is 0 Å². The van der Waals surface area contributed by atoms with Crippen LogP contribution in [0.2, 0.25) is 0 Å². The number of hydrogen-bond acceptors (Lipinski definition) is 2. The summed E-state index contributed by atoms with van der Waals surface area (Å²) in [4.78, 5) is 11.3. The molecule has 0 saturated heterocycles. The molecule has 1 N–H and O–H groups in total. The van der Waals surface area contributed by atoms with Crippen molar-refractivity contribution >= 4 is 21.8 Å². The van der Waals surface area contributed by atoms with Crippen LogP contribution in [-0.2, 0) is 0 Å². The van der Waals surface area contributed by atoms with E-state index in [1.54, 1.807) is 6.07 Å². The van der Waals surface area contributed by atoms with Gasteiger partial charge in [-0.05, 0) is 35.8 Å². The molecule has 0 bridgehead atoms. The minimum atomic E-state index is -0.166. The molecule has 0 atom stereocenters. The molecular weight excluding hydrogens is 222 g/mol. The van der Waals surface area contributed by atoms with Crippen LogP contribution in [0.25, 0.3) is 0 Å². The lowest BCUT2D eigenvalue weighted by Crippen LogP contribution is -2.22. The van der Waals surface area contributed by atoms with Gasteiger partial charge in [-0.2, -0.15) is 0 Å². The largest absolute Gasteiger partial charge is 0.444 e. The summed E-state index contributed by atoms with van der Waals surface area (Å²) in [6.45, 7) is 4.31. The Kier molecular flexibility index (Phi) is 2.92. The summed E-state index contributed by atoms with van der Waals surface area (Å²) in [6, 6.07) is 1.77. The van der Waals surface area contributed by atoms with Gasteiger partial charge in [-0.25, -0.2) is 0 Å². The Morgan fingerprint density at radius 2 is 2.42 bits per heavy atom. The summed E-state index contributed by atoms with van der Waals surface area (Å²) >= 11 is 3.16. The molecule has 0 spiro atoms. The van der Waals surface area contributed by atoms with E-state index in [4.69, 9.17) is 4.42 Å². The number of carbonyl (C=O) groups excluding carboxylic acids is 1. The summed E-state index contributed by atoms with van der Waals surface area (Å²) in [6.07, 6.45) is 0. The maximum atomic E-state index is 11.3. The molecule has 0 aliphatic rings. The van der Waals surface area contributed by atoms with Crippen LogP contribution in [-0.4, -0.2) is 12.5 Å². The molecule has 1 aromatic rings. The zero-order valence-corrected chi connectivity index (χ0v) is 8.56. The molecule has 1 amide bonds. The van der Waals surface area contributed by atoms with Crippen LogP contribution >= 0.6 is 15.9 Å². The average molecular weight is 232 g/mol. The van der Waals surface area contributed by atoms with Crippen LogP contribution in [0.15, 0.2) is 15.2 Å². The fraction of sp³-hybridized carbons (Fsp3) is 0.375. The Morgan fingerprint density at radius 3 is 2.83 bits per heavy atom. The van der Waals surface area contributed by atoms with Gasteiger partial charge in [0.1, 0.15) is 0 Å². The molecule has 3 nitrogen and oxygen atoms in total. The SMILES string of the molecule is CCNC(=O)c1oc(Br)cc1C. The third-order valence-electron chi connectivity index (χ3n) is 1.43. The molecule has 0 aromatic carbocycles. The van der Waals surface area contributed by atoms with Gasteiger partial charge in [0.2, 0.25) is 0 Å². The topological polar surface area (TPSA) is 42.2 Å². The first kappa shape index (κ1) is 9.32. The molecule has 1 heterocycles. The maximum absolute atomic E-state index is 11.3. The first-order chi connectivity index (χ1) is 5.65. The van der Waals surface area contributed by atoms with E-state index in [-0.39, 0.29) is 5.91 Å². The Hall–Kier alpha value is -0.770. The molecule has 66 valence electrons. The number of furan rings is 1. The molecule has 0 aliphatic heterocycles. The zero-order valence-electron chi connectivity index (χ0n) is 6.98. The summed E-state index contributed by atoms with van der Waals surface area (Å²) in [5.41, 5.74) is 0.841. The molecule has 0 aliphatic carbocycles. The molecule has 0 saturated carbocycles. The highest BCUT2D eigenvalue weighted by molar-refractivity contribution is 9.10. The number of halogens is 1. The minimum absolute atomic E-state index is 0.166. The molecule has 12 heavy (non-hydrogen) atoms. The van der Waals surface area contributed by atoms with Crippen molar-refractivity contribution in [2.45, 2.75) is 13.8 Å². The van der Waals surface area contributed by atoms with Crippen molar-refractivity contribution in [3.05, 3.63) is 22.1 Å². The van der Waals surface area contributed by atoms with E-state index in [1.165, 1.54) is 0 Å². The van der Waals surface area contributed by atoms with Gasteiger partial charge in [-0.15, -0.1) is 0 Å². The lowest BCUT2D eigenvalue weighted by Gasteiger charge is -1.97. The third kappa shape index (κ3) is 1.88. The van der Waals surface area contributed by atoms with Crippen LogP contribution < -0.4 is 5.32 Å². The Morgan fingerprint density at radius 1 is 1.75 bits per heavy atom. The Bertz CT molecular complexity index is 293. The minimum Gasteiger partial charge on any atom is -0.444 e. The lowest BCUT2D eigenvalue weighted by molar-refractivity contribution is 0.0926. The van der Waals surface area contributed by atoms with Gasteiger partial charge in [-0.3, -0.25) is 4.79 Å². The fourth-order valence-electron chi connectivity index (χ4n) is 0.909. The highest BCUT2D eigenvalue weighted by atomic mass is 79.9. The quantitative estimate of drug-likeness (QED) is 0.848. The fourth-order valence-corrected chi connectivity index (χ4v) is 1.41. The van der Waals surface area contributed by atoms with E-state index < -0.39 is 0 Å². The molecule has 1 aromatic heterocycles. The highest BCUT2D eigenvalue weighted by Crippen LogP contribution is 2.19. The van der Waals surface area contributed by atoms with Gasteiger partial charge < -0.3 is 9.73 Å². The second-order valence-electron chi connectivity index (χ2n) is 2.42. The smallest absolute Gasteiger partial charge is 0.287 e. The molecule has 0 radical (unpaired) electrons. The highest BCUT2D eigenvalue weighted by Gasteiger charge is 2.13. The van der Waals surface area contributed by atoms with Crippen molar-refractivity contribution in [3.8, 4) is 0 Å². The van der Waals surface area contributed by atoms with Crippen molar-refractivity contribution in [3.63, 3.8) is 0 Å². The second-order valence-corrected chi connectivity index (χ2v) is 3.20. The first-order valence-electron chi connectivity index (χ1n) is 3.69. The van der Waals surface area contributed by atoms with E-state index in [0.29, 0.717) is 17.0 Å².